The molecule has 8 heteroatoms. The molecule has 2 aromatic carbocycles. The molecule has 0 spiro atoms. The quantitative estimate of drug-likeness (QED) is 0.339. The van der Waals surface area contributed by atoms with Crippen molar-refractivity contribution in [2.75, 3.05) is 32.1 Å². The van der Waals surface area contributed by atoms with Crippen LogP contribution in [-0.4, -0.2) is 48.5 Å². The lowest BCUT2D eigenvalue weighted by Gasteiger charge is -2.28. The third-order valence-corrected chi connectivity index (χ3v) is 6.62. The van der Waals surface area contributed by atoms with Crippen LogP contribution in [0.1, 0.15) is 22.4 Å². The van der Waals surface area contributed by atoms with E-state index in [1.54, 1.807) is 42.7 Å². The first-order valence-corrected chi connectivity index (χ1v) is 12.4. The smallest absolute Gasteiger partial charge is 0.322 e. The summed E-state index contributed by atoms with van der Waals surface area (Å²) in [5.41, 5.74) is 2.82. The predicted octanol–water partition coefficient (Wildman–Crippen LogP) is 5.81. The zero-order chi connectivity index (χ0) is 24.3. The minimum absolute atomic E-state index is 0.0274. The molecule has 3 amide bonds. The number of aryl methyl sites for hydroxylation is 1. The monoisotopic (exact) mass is 499 g/mol. The summed E-state index contributed by atoms with van der Waals surface area (Å²) >= 11 is 7.59. The SMILES string of the molecule is COCCCN(CC(=O)N(Cc1ccccc1)Cc1sccc1C)C(=O)Nc1ccc(Cl)cc1. The Morgan fingerprint density at radius 3 is 2.38 bits per heavy atom. The van der Waals surface area contributed by atoms with Gasteiger partial charge in [-0.15, -0.1) is 11.3 Å². The zero-order valence-electron chi connectivity index (χ0n) is 19.5. The molecule has 0 unspecified atom stereocenters. The molecule has 0 saturated heterocycles. The first-order chi connectivity index (χ1) is 16.5. The molecule has 0 aliphatic carbocycles. The van der Waals surface area contributed by atoms with E-state index < -0.39 is 0 Å². The summed E-state index contributed by atoms with van der Waals surface area (Å²) in [6.07, 6.45) is 0.626. The van der Waals surface area contributed by atoms with Gasteiger partial charge in [-0.3, -0.25) is 4.79 Å². The molecular formula is C26H30ClN3O3S. The number of halogens is 1. The Hall–Kier alpha value is -2.87. The summed E-state index contributed by atoms with van der Waals surface area (Å²) in [7, 11) is 1.62. The Bertz CT molecular complexity index is 1060. The van der Waals surface area contributed by atoms with Crippen LogP contribution in [0.5, 0.6) is 0 Å². The number of hydrogen-bond donors (Lipinski definition) is 1. The molecule has 0 aliphatic rings. The third kappa shape index (κ3) is 7.87. The molecule has 3 rings (SSSR count). The van der Waals surface area contributed by atoms with Gasteiger partial charge in [-0.05, 0) is 60.2 Å². The van der Waals surface area contributed by atoms with Gasteiger partial charge in [-0.25, -0.2) is 4.79 Å². The van der Waals surface area contributed by atoms with E-state index in [1.165, 1.54) is 4.90 Å². The van der Waals surface area contributed by atoms with Crippen molar-refractivity contribution in [3.05, 3.63) is 87.1 Å². The van der Waals surface area contributed by atoms with E-state index in [4.69, 9.17) is 16.3 Å². The van der Waals surface area contributed by atoms with Gasteiger partial charge in [-0.2, -0.15) is 0 Å². The van der Waals surface area contributed by atoms with Crippen molar-refractivity contribution in [3.63, 3.8) is 0 Å². The van der Waals surface area contributed by atoms with E-state index in [-0.39, 0.29) is 18.5 Å². The number of nitrogens with zero attached hydrogens (tertiary/aromatic N) is 2. The number of thiophene rings is 1. The largest absolute Gasteiger partial charge is 0.385 e. The first kappa shape index (κ1) is 25.7. The minimum Gasteiger partial charge on any atom is -0.385 e. The lowest BCUT2D eigenvalue weighted by molar-refractivity contribution is -0.133. The highest BCUT2D eigenvalue weighted by Crippen LogP contribution is 2.20. The average Bonchev–Trinajstić information content (AvgIpc) is 3.24. The molecule has 0 bridgehead atoms. The van der Waals surface area contributed by atoms with Crippen LogP contribution in [0.3, 0.4) is 0 Å². The fourth-order valence-corrected chi connectivity index (χ4v) is 4.47. The number of rotatable bonds is 11. The Morgan fingerprint density at radius 1 is 1.00 bits per heavy atom. The topological polar surface area (TPSA) is 61.9 Å². The van der Waals surface area contributed by atoms with Crippen LogP contribution in [0.4, 0.5) is 10.5 Å². The molecule has 1 N–H and O–H groups in total. The third-order valence-electron chi connectivity index (χ3n) is 5.36. The highest BCUT2D eigenvalue weighted by Gasteiger charge is 2.22. The van der Waals surface area contributed by atoms with Gasteiger partial charge in [0.25, 0.3) is 0 Å². The number of ether oxygens (including phenoxy) is 1. The number of carbonyl (C=O) groups excluding carboxylic acids is 2. The molecule has 6 nitrogen and oxygen atoms in total. The van der Waals surface area contributed by atoms with Crippen molar-refractivity contribution >= 4 is 40.6 Å². The summed E-state index contributed by atoms with van der Waals surface area (Å²) < 4.78 is 5.15. The standard InChI is InChI=1S/C26H30ClN3O3S/c1-20-13-16-34-24(20)18-30(17-21-7-4-3-5-8-21)25(31)19-29(14-6-15-33-2)26(32)28-23-11-9-22(27)10-12-23/h3-5,7-13,16H,6,14-15,17-19H2,1-2H3,(H,28,32). The second kappa shape index (κ2) is 13.1. The predicted molar refractivity (Wildman–Crippen MR) is 138 cm³/mol. The van der Waals surface area contributed by atoms with Crippen LogP contribution in [0.15, 0.2) is 66.0 Å². The average molecular weight is 500 g/mol. The van der Waals surface area contributed by atoms with Gasteiger partial charge in [0.15, 0.2) is 0 Å². The van der Waals surface area contributed by atoms with Crippen molar-refractivity contribution in [2.45, 2.75) is 26.4 Å². The van der Waals surface area contributed by atoms with E-state index in [0.717, 1.165) is 16.0 Å². The van der Waals surface area contributed by atoms with Crippen LogP contribution >= 0.6 is 22.9 Å². The van der Waals surface area contributed by atoms with Crippen molar-refractivity contribution < 1.29 is 14.3 Å². The molecule has 34 heavy (non-hydrogen) atoms. The van der Waals surface area contributed by atoms with Crippen molar-refractivity contribution in [2.24, 2.45) is 0 Å². The number of nitrogens with one attached hydrogen (secondary N) is 1. The lowest BCUT2D eigenvalue weighted by Crippen LogP contribution is -2.44. The Morgan fingerprint density at radius 2 is 1.74 bits per heavy atom. The molecule has 0 aliphatic heterocycles. The number of hydrogen-bond acceptors (Lipinski definition) is 4. The van der Waals surface area contributed by atoms with Gasteiger partial charge >= 0.3 is 6.03 Å². The van der Waals surface area contributed by atoms with Gasteiger partial charge in [0, 0.05) is 42.4 Å². The number of methoxy groups -OCH3 is 1. The fourth-order valence-electron chi connectivity index (χ4n) is 3.43. The highest BCUT2D eigenvalue weighted by molar-refractivity contribution is 7.10. The van der Waals surface area contributed by atoms with Gasteiger partial charge in [-0.1, -0.05) is 41.9 Å². The zero-order valence-corrected chi connectivity index (χ0v) is 21.1. The van der Waals surface area contributed by atoms with E-state index in [1.807, 2.05) is 47.5 Å². The van der Waals surface area contributed by atoms with Gasteiger partial charge in [0.2, 0.25) is 5.91 Å². The molecule has 0 saturated carbocycles. The summed E-state index contributed by atoms with van der Waals surface area (Å²) in [5, 5.41) is 5.49. The minimum atomic E-state index is -0.334. The molecule has 0 fully saturated rings. The number of anilines is 1. The van der Waals surface area contributed by atoms with E-state index in [2.05, 4.69) is 11.4 Å². The Balaban J connectivity index is 1.75. The normalized spacial score (nSPS) is 10.7. The van der Waals surface area contributed by atoms with E-state index >= 15 is 0 Å². The number of urea groups is 1. The molecule has 0 radical (unpaired) electrons. The molecular weight excluding hydrogens is 470 g/mol. The maximum absolute atomic E-state index is 13.5. The fraction of sp³-hybridized carbons (Fsp3) is 0.308. The van der Waals surface area contributed by atoms with Crippen molar-refractivity contribution in [3.8, 4) is 0 Å². The summed E-state index contributed by atoms with van der Waals surface area (Å²) in [6, 6.07) is 18.5. The van der Waals surface area contributed by atoms with Crippen molar-refractivity contribution in [1.82, 2.24) is 9.80 Å². The highest BCUT2D eigenvalue weighted by atomic mass is 35.5. The second-order valence-electron chi connectivity index (χ2n) is 7.97. The second-order valence-corrected chi connectivity index (χ2v) is 9.40. The van der Waals surface area contributed by atoms with E-state index in [9.17, 15) is 9.59 Å². The van der Waals surface area contributed by atoms with Crippen molar-refractivity contribution in [1.29, 1.82) is 0 Å². The first-order valence-electron chi connectivity index (χ1n) is 11.1. The van der Waals surface area contributed by atoms with E-state index in [0.29, 0.717) is 43.4 Å². The molecule has 180 valence electrons. The van der Waals surface area contributed by atoms with Crippen LogP contribution < -0.4 is 5.32 Å². The number of amides is 3. The van der Waals surface area contributed by atoms with Gasteiger partial charge in [0.05, 0.1) is 6.54 Å². The molecule has 3 aromatic rings. The van der Waals surface area contributed by atoms with Crippen LogP contribution in [-0.2, 0) is 22.6 Å². The lowest BCUT2D eigenvalue weighted by atomic mass is 10.2. The molecule has 1 heterocycles. The molecule has 0 atom stereocenters. The molecule has 1 aromatic heterocycles. The maximum atomic E-state index is 13.5. The number of carbonyl (C=O) groups is 2. The summed E-state index contributed by atoms with van der Waals surface area (Å²) in [6.45, 7) is 3.90. The summed E-state index contributed by atoms with van der Waals surface area (Å²) in [4.78, 5) is 31.0. The Kier molecular flexibility index (Phi) is 9.94. The maximum Gasteiger partial charge on any atom is 0.322 e. The Labute approximate surface area is 210 Å². The van der Waals surface area contributed by atoms with Gasteiger partial charge in [0.1, 0.15) is 6.54 Å². The summed E-state index contributed by atoms with van der Waals surface area (Å²) in [5.74, 6) is -0.111. The van der Waals surface area contributed by atoms with Gasteiger partial charge < -0.3 is 19.9 Å². The van der Waals surface area contributed by atoms with Crippen LogP contribution in [0.25, 0.3) is 0 Å². The number of benzene rings is 2. The van der Waals surface area contributed by atoms with Crippen LogP contribution in [0.2, 0.25) is 5.02 Å². The van der Waals surface area contributed by atoms with Crippen LogP contribution in [0, 0.1) is 6.92 Å².